The van der Waals surface area contributed by atoms with Gasteiger partial charge in [-0.3, -0.25) is 0 Å². The Kier molecular flexibility index (Phi) is 4.19. The number of fused-ring (bicyclic) bond motifs is 1. The summed E-state index contributed by atoms with van der Waals surface area (Å²) in [7, 11) is 2.32. The van der Waals surface area contributed by atoms with Crippen molar-refractivity contribution < 1.29 is 0 Å². The Hall–Kier alpha value is -0.860. The van der Waals surface area contributed by atoms with Crippen LogP contribution in [-0.2, 0) is 6.42 Å². The summed E-state index contributed by atoms with van der Waals surface area (Å²) in [6, 6.07) is 13.1. The van der Waals surface area contributed by atoms with Crippen LogP contribution in [0.3, 0.4) is 0 Å². The molecule has 0 radical (unpaired) electrons. The van der Waals surface area contributed by atoms with Gasteiger partial charge < -0.3 is 10.2 Å². The minimum absolute atomic E-state index is 0.665. The first-order chi connectivity index (χ1) is 9.33. The molecule has 2 aliphatic heterocycles. The lowest BCUT2D eigenvalue weighted by molar-refractivity contribution is 0.197. The number of rotatable bonds is 2. The number of nitrogens with zero attached hydrogens (tertiary/aromatic N) is 1. The second kappa shape index (κ2) is 6.06. The molecule has 104 valence electrons. The Labute approximate surface area is 117 Å². The predicted molar refractivity (Wildman–Crippen MR) is 80.4 cm³/mol. The highest BCUT2D eigenvalue weighted by Gasteiger charge is 2.35. The topological polar surface area (TPSA) is 15.3 Å². The predicted octanol–water partition coefficient (Wildman–Crippen LogP) is 2.83. The summed E-state index contributed by atoms with van der Waals surface area (Å²) >= 11 is 0. The average molecular weight is 258 g/mol. The summed E-state index contributed by atoms with van der Waals surface area (Å²) < 4.78 is 0. The van der Waals surface area contributed by atoms with Crippen LogP contribution in [0.1, 0.15) is 37.7 Å². The van der Waals surface area contributed by atoms with E-state index in [1.807, 2.05) is 0 Å². The van der Waals surface area contributed by atoms with Crippen molar-refractivity contribution in [2.45, 2.75) is 56.7 Å². The van der Waals surface area contributed by atoms with Crippen LogP contribution in [0.5, 0.6) is 0 Å². The number of hydrogen-bond donors (Lipinski definition) is 1. The summed E-state index contributed by atoms with van der Waals surface area (Å²) in [5.74, 6) is 0. The molecule has 0 saturated carbocycles. The molecule has 2 heteroatoms. The summed E-state index contributed by atoms with van der Waals surface area (Å²) in [5.41, 5.74) is 1.47. The molecule has 3 rings (SSSR count). The molecule has 0 bridgehead atoms. The molecule has 0 unspecified atom stereocenters. The fourth-order valence-corrected chi connectivity index (χ4v) is 3.81. The molecular weight excluding hydrogens is 232 g/mol. The van der Waals surface area contributed by atoms with E-state index < -0.39 is 0 Å². The first-order valence-corrected chi connectivity index (χ1v) is 7.83. The quantitative estimate of drug-likeness (QED) is 0.877. The molecule has 2 saturated heterocycles. The zero-order valence-electron chi connectivity index (χ0n) is 12.0. The summed E-state index contributed by atoms with van der Waals surface area (Å²) in [5, 5.41) is 3.90. The third-order valence-electron chi connectivity index (χ3n) is 4.86. The van der Waals surface area contributed by atoms with E-state index in [1.54, 1.807) is 0 Å². The Morgan fingerprint density at radius 3 is 2.84 bits per heavy atom. The number of likely N-dealkylation sites (tertiary alicyclic amines) is 1. The van der Waals surface area contributed by atoms with Crippen molar-refractivity contribution >= 4 is 0 Å². The fraction of sp³-hybridized carbons (Fsp3) is 0.647. The van der Waals surface area contributed by atoms with Crippen LogP contribution in [0.2, 0.25) is 0 Å². The van der Waals surface area contributed by atoms with Crippen molar-refractivity contribution in [2.24, 2.45) is 0 Å². The van der Waals surface area contributed by atoms with Crippen LogP contribution in [0.25, 0.3) is 0 Å². The molecule has 0 aliphatic carbocycles. The Balaban J connectivity index is 1.64. The maximum Gasteiger partial charge on any atom is 0.0261 e. The van der Waals surface area contributed by atoms with Gasteiger partial charge >= 0.3 is 0 Å². The van der Waals surface area contributed by atoms with Crippen LogP contribution in [0.4, 0.5) is 0 Å². The van der Waals surface area contributed by atoms with Crippen LogP contribution >= 0.6 is 0 Å². The van der Waals surface area contributed by atoms with Gasteiger partial charge in [0.15, 0.2) is 0 Å². The van der Waals surface area contributed by atoms with E-state index in [4.69, 9.17) is 0 Å². The molecule has 1 aromatic rings. The van der Waals surface area contributed by atoms with Gasteiger partial charge in [-0.2, -0.15) is 0 Å². The normalized spacial score (nSPS) is 32.6. The molecular formula is C17H26N2. The van der Waals surface area contributed by atoms with Gasteiger partial charge in [-0.05, 0) is 44.8 Å². The summed E-state index contributed by atoms with van der Waals surface area (Å²) in [4.78, 5) is 2.60. The molecule has 0 amide bonds. The summed E-state index contributed by atoms with van der Waals surface area (Å²) in [6.45, 7) is 1.28. The number of hydrogen-bond acceptors (Lipinski definition) is 2. The number of nitrogens with one attached hydrogen (secondary N) is 1. The van der Waals surface area contributed by atoms with Gasteiger partial charge in [0, 0.05) is 18.1 Å². The van der Waals surface area contributed by atoms with Gasteiger partial charge in [-0.25, -0.2) is 0 Å². The molecule has 2 aliphatic rings. The van der Waals surface area contributed by atoms with Gasteiger partial charge in [0.2, 0.25) is 0 Å². The SMILES string of the molecule is CN1CCCCC[C@H]2N[C@@H](Cc3ccccc3)C[C@@H]21. The van der Waals surface area contributed by atoms with E-state index in [2.05, 4.69) is 47.6 Å². The van der Waals surface area contributed by atoms with Crippen LogP contribution in [0, 0.1) is 0 Å². The standard InChI is InChI=1S/C17H26N2/c1-19-11-7-3-6-10-16-17(19)13-15(18-16)12-14-8-4-2-5-9-14/h2,4-5,8-9,15-18H,3,6-7,10-13H2,1H3/t15-,16+,17-/m0/s1. The second-order valence-corrected chi connectivity index (χ2v) is 6.29. The largest absolute Gasteiger partial charge is 0.309 e. The maximum atomic E-state index is 3.90. The maximum absolute atomic E-state index is 3.90. The average Bonchev–Trinajstić information content (AvgIpc) is 2.80. The first-order valence-electron chi connectivity index (χ1n) is 7.83. The highest BCUT2D eigenvalue weighted by atomic mass is 15.2. The molecule has 0 spiro atoms. The van der Waals surface area contributed by atoms with Gasteiger partial charge in [0.1, 0.15) is 0 Å². The van der Waals surface area contributed by atoms with Gasteiger partial charge in [0.05, 0.1) is 0 Å². The molecule has 0 aromatic heterocycles. The molecule has 2 nitrogen and oxygen atoms in total. The van der Waals surface area contributed by atoms with Crippen LogP contribution in [0.15, 0.2) is 30.3 Å². The van der Waals surface area contributed by atoms with E-state index in [0.29, 0.717) is 6.04 Å². The zero-order valence-corrected chi connectivity index (χ0v) is 12.0. The molecule has 1 aromatic carbocycles. The van der Waals surface area contributed by atoms with Crippen molar-refractivity contribution in [3.05, 3.63) is 35.9 Å². The van der Waals surface area contributed by atoms with E-state index in [0.717, 1.165) is 12.1 Å². The lowest BCUT2D eigenvalue weighted by Gasteiger charge is -2.31. The van der Waals surface area contributed by atoms with E-state index in [-0.39, 0.29) is 0 Å². The van der Waals surface area contributed by atoms with Gasteiger partial charge in [-0.1, -0.05) is 43.2 Å². The van der Waals surface area contributed by atoms with Crippen LogP contribution < -0.4 is 5.32 Å². The summed E-state index contributed by atoms with van der Waals surface area (Å²) in [6.07, 6.45) is 8.04. The Bertz CT molecular complexity index is 390. The lowest BCUT2D eigenvalue weighted by Crippen LogP contribution is -2.43. The third-order valence-corrected chi connectivity index (χ3v) is 4.86. The monoisotopic (exact) mass is 258 g/mol. The van der Waals surface area contributed by atoms with E-state index >= 15 is 0 Å². The fourth-order valence-electron chi connectivity index (χ4n) is 3.81. The zero-order chi connectivity index (χ0) is 13.1. The molecule has 2 heterocycles. The Morgan fingerprint density at radius 2 is 2.00 bits per heavy atom. The highest BCUT2D eigenvalue weighted by molar-refractivity contribution is 5.17. The van der Waals surface area contributed by atoms with E-state index in [1.165, 1.54) is 50.6 Å². The minimum atomic E-state index is 0.665. The van der Waals surface area contributed by atoms with Crippen molar-refractivity contribution in [3.63, 3.8) is 0 Å². The van der Waals surface area contributed by atoms with Crippen molar-refractivity contribution in [1.29, 1.82) is 0 Å². The molecule has 1 N–H and O–H groups in total. The molecule has 19 heavy (non-hydrogen) atoms. The molecule has 2 fully saturated rings. The molecule has 3 atom stereocenters. The van der Waals surface area contributed by atoms with E-state index in [9.17, 15) is 0 Å². The van der Waals surface area contributed by atoms with Gasteiger partial charge in [-0.15, -0.1) is 0 Å². The highest BCUT2D eigenvalue weighted by Crippen LogP contribution is 2.26. The van der Waals surface area contributed by atoms with Crippen molar-refractivity contribution in [3.8, 4) is 0 Å². The van der Waals surface area contributed by atoms with Gasteiger partial charge in [0.25, 0.3) is 0 Å². The van der Waals surface area contributed by atoms with Crippen molar-refractivity contribution in [1.82, 2.24) is 10.2 Å². The smallest absolute Gasteiger partial charge is 0.0261 e. The Morgan fingerprint density at radius 1 is 1.16 bits per heavy atom. The first kappa shape index (κ1) is 13.1. The lowest BCUT2D eigenvalue weighted by atomic mass is 9.97. The third kappa shape index (κ3) is 3.18. The van der Waals surface area contributed by atoms with Crippen LogP contribution in [-0.4, -0.2) is 36.6 Å². The number of benzene rings is 1. The second-order valence-electron chi connectivity index (χ2n) is 6.29. The van der Waals surface area contributed by atoms with Crippen molar-refractivity contribution in [2.75, 3.05) is 13.6 Å². The number of likely N-dealkylation sites (N-methyl/N-ethyl adjacent to an activating group) is 1. The minimum Gasteiger partial charge on any atom is -0.309 e.